The zero-order valence-corrected chi connectivity index (χ0v) is 15.4. The Morgan fingerprint density at radius 3 is 1.79 bits per heavy atom. The van der Waals surface area contributed by atoms with Crippen LogP contribution in [-0.4, -0.2) is 23.5 Å². The third-order valence-corrected chi connectivity index (χ3v) is 4.45. The Hall–Kier alpha value is -1.93. The van der Waals surface area contributed by atoms with Crippen molar-refractivity contribution in [2.24, 2.45) is 0 Å². The van der Waals surface area contributed by atoms with E-state index in [4.69, 9.17) is 0 Å². The summed E-state index contributed by atoms with van der Waals surface area (Å²) in [6.07, 6.45) is 2.30. The highest BCUT2D eigenvalue weighted by Gasteiger charge is 2.11. The Labute approximate surface area is 145 Å². The molecule has 0 saturated carbocycles. The minimum absolute atomic E-state index is 0.200. The highest BCUT2D eigenvalue weighted by atomic mass is 19.1. The van der Waals surface area contributed by atoms with Crippen LogP contribution in [0.25, 0.3) is 16.7 Å². The molecule has 0 saturated heterocycles. The van der Waals surface area contributed by atoms with Crippen molar-refractivity contribution in [2.75, 3.05) is 6.54 Å². The standard InChI is InChI=1S/C22H28FN/c1-16(2)24(17(3)4)15-14-18(5)19-6-8-20(9-7-19)21-10-12-22(23)13-11-21/h6-14,16-17H,15H2,1-5H3/b18-14-. The zero-order valence-electron chi connectivity index (χ0n) is 15.4. The number of benzene rings is 2. The first kappa shape index (κ1) is 18.4. The van der Waals surface area contributed by atoms with Crippen LogP contribution in [0.3, 0.4) is 0 Å². The molecule has 2 aromatic rings. The molecule has 0 atom stereocenters. The van der Waals surface area contributed by atoms with Gasteiger partial charge in [0.25, 0.3) is 0 Å². The molecule has 1 nitrogen and oxygen atoms in total. The molecule has 2 aromatic carbocycles. The molecule has 24 heavy (non-hydrogen) atoms. The molecular weight excluding hydrogens is 297 g/mol. The summed E-state index contributed by atoms with van der Waals surface area (Å²) in [7, 11) is 0. The van der Waals surface area contributed by atoms with E-state index in [1.54, 1.807) is 0 Å². The molecule has 0 aromatic heterocycles. The fraction of sp³-hybridized carbons (Fsp3) is 0.364. The van der Waals surface area contributed by atoms with E-state index >= 15 is 0 Å². The fourth-order valence-corrected chi connectivity index (χ4v) is 2.95. The first-order chi connectivity index (χ1) is 11.4. The monoisotopic (exact) mass is 325 g/mol. The molecule has 0 aliphatic rings. The molecule has 0 fully saturated rings. The third-order valence-electron chi connectivity index (χ3n) is 4.45. The summed E-state index contributed by atoms with van der Waals surface area (Å²) in [5.41, 5.74) is 4.66. The molecule has 0 N–H and O–H groups in total. The van der Waals surface area contributed by atoms with E-state index in [-0.39, 0.29) is 5.82 Å². The summed E-state index contributed by atoms with van der Waals surface area (Å²) in [6, 6.07) is 16.2. The van der Waals surface area contributed by atoms with Gasteiger partial charge in [0.15, 0.2) is 0 Å². The van der Waals surface area contributed by atoms with Gasteiger partial charge in [0.2, 0.25) is 0 Å². The first-order valence-corrected chi connectivity index (χ1v) is 8.67. The van der Waals surface area contributed by atoms with Gasteiger partial charge in [0.1, 0.15) is 5.82 Å². The van der Waals surface area contributed by atoms with Crippen LogP contribution in [0.15, 0.2) is 54.6 Å². The van der Waals surface area contributed by atoms with E-state index in [1.807, 2.05) is 12.1 Å². The van der Waals surface area contributed by atoms with E-state index in [9.17, 15) is 4.39 Å². The summed E-state index contributed by atoms with van der Waals surface area (Å²) in [4.78, 5) is 2.47. The Morgan fingerprint density at radius 2 is 1.33 bits per heavy atom. The second-order valence-electron chi connectivity index (χ2n) is 6.86. The summed E-state index contributed by atoms with van der Waals surface area (Å²) in [5.74, 6) is -0.200. The number of halogens is 1. The van der Waals surface area contributed by atoms with Gasteiger partial charge in [-0.2, -0.15) is 0 Å². The maximum Gasteiger partial charge on any atom is 0.123 e. The van der Waals surface area contributed by atoms with Gasteiger partial charge in [-0.1, -0.05) is 42.5 Å². The minimum atomic E-state index is -0.200. The Morgan fingerprint density at radius 1 is 0.875 bits per heavy atom. The van der Waals surface area contributed by atoms with E-state index in [0.717, 1.165) is 17.7 Å². The average molecular weight is 325 g/mol. The van der Waals surface area contributed by atoms with Gasteiger partial charge in [-0.3, -0.25) is 4.90 Å². The van der Waals surface area contributed by atoms with Crippen LogP contribution in [-0.2, 0) is 0 Å². The van der Waals surface area contributed by atoms with Gasteiger partial charge in [-0.05, 0) is 69.0 Å². The molecule has 0 heterocycles. The van der Waals surface area contributed by atoms with Gasteiger partial charge < -0.3 is 0 Å². The van der Waals surface area contributed by atoms with Gasteiger partial charge in [-0.15, -0.1) is 0 Å². The Bertz CT molecular complexity index is 658. The molecule has 0 bridgehead atoms. The molecule has 0 unspecified atom stereocenters. The van der Waals surface area contributed by atoms with Crippen molar-refractivity contribution in [2.45, 2.75) is 46.7 Å². The van der Waals surface area contributed by atoms with Gasteiger partial charge in [-0.25, -0.2) is 4.39 Å². The van der Waals surface area contributed by atoms with Crippen molar-refractivity contribution in [1.82, 2.24) is 4.90 Å². The number of nitrogens with zero attached hydrogens (tertiary/aromatic N) is 1. The smallest absolute Gasteiger partial charge is 0.123 e. The highest BCUT2D eigenvalue weighted by molar-refractivity contribution is 5.69. The van der Waals surface area contributed by atoms with Crippen LogP contribution in [0.1, 0.15) is 40.2 Å². The predicted molar refractivity (Wildman–Crippen MR) is 102 cm³/mol. The number of hydrogen-bond donors (Lipinski definition) is 0. The van der Waals surface area contributed by atoms with Crippen molar-refractivity contribution in [1.29, 1.82) is 0 Å². The Kier molecular flexibility index (Phi) is 6.33. The molecule has 0 spiro atoms. The lowest BCUT2D eigenvalue weighted by Crippen LogP contribution is -2.37. The molecule has 128 valence electrons. The van der Waals surface area contributed by atoms with Gasteiger partial charge >= 0.3 is 0 Å². The van der Waals surface area contributed by atoms with Crippen LogP contribution in [0, 0.1) is 5.82 Å². The average Bonchev–Trinajstić information content (AvgIpc) is 2.55. The zero-order chi connectivity index (χ0) is 17.7. The molecule has 2 rings (SSSR count). The normalized spacial score (nSPS) is 12.5. The Balaban J connectivity index is 2.12. The van der Waals surface area contributed by atoms with Crippen LogP contribution >= 0.6 is 0 Å². The van der Waals surface area contributed by atoms with Crippen molar-refractivity contribution in [3.05, 3.63) is 66.0 Å². The minimum Gasteiger partial charge on any atom is -0.295 e. The van der Waals surface area contributed by atoms with E-state index in [2.05, 4.69) is 69.9 Å². The van der Waals surface area contributed by atoms with Gasteiger partial charge in [0.05, 0.1) is 0 Å². The fourth-order valence-electron chi connectivity index (χ4n) is 2.95. The van der Waals surface area contributed by atoms with Gasteiger partial charge in [0, 0.05) is 18.6 Å². The lowest BCUT2D eigenvalue weighted by atomic mass is 10.0. The largest absolute Gasteiger partial charge is 0.295 e. The topological polar surface area (TPSA) is 3.24 Å². The number of allylic oxidation sites excluding steroid dienone is 1. The molecule has 0 aliphatic heterocycles. The quantitative estimate of drug-likeness (QED) is 0.628. The third kappa shape index (κ3) is 4.78. The first-order valence-electron chi connectivity index (χ1n) is 8.67. The molecule has 2 heteroatoms. The lowest BCUT2D eigenvalue weighted by molar-refractivity contribution is 0.196. The van der Waals surface area contributed by atoms with Crippen molar-refractivity contribution < 1.29 is 4.39 Å². The molecule has 0 amide bonds. The predicted octanol–water partition coefficient (Wildman–Crippen LogP) is 6.01. The maximum atomic E-state index is 13.0. The maximum absolute atomic E-state index is 13.0. The summed E-state index contributed by atoms with van der Waals surface area (Å²) < 4.78 is 13.0. The van der Waals surface area contributed by atoms with Crippen LogP contribution in [0.2, 0.25) is 0 Å². The number of rotatable bonds is 6. The van der Waals surface area contributed by atoms with Crippen LogP contribution < -0.4 is 0 Å². The number of hydrogen-bond acceptors (Lipinski definition) is 1. The summed E-state index contributed by atoms with van der Waals surface area (Å²) >= 11 is 0. The second-order valence-corrected chi connectivity index (χ2v) is 6.86. The van der Waals surface area contributed by atoms with Crippen molar-refractivity contribution in [3.8, 4) is 11.1 Å². The van der Waals surface area contributed by atoms with Crippen LogP contribution in [0.5, 0.6) is 0 Å². The van der Waals surface area contributed by atoms with Crippen molar-refractivity contribution >= 4 is 5.57 Å². The second kappa shape index (κ2) is 8.25. The summed E-state index contributed by atoms with van der Waals surface area (Å²) in [6.45, 7) is 12.1. The highest BCUT2D eigenvalue weighted by Crippen LogP contribution is 2.23. The molecule has 0 radical (unpaired) electrons. The van der Waals surface area contributed by atoms with Crippen molar-refractivity contribution in [3.63, 3.8) is 0 Å². The van der Waals surface area contributed by atoms with E-state index in [1.165, 1.54) is 23.3 Å². The SMILES string of the molecule is C/C(=C/CN(C(C)C)C(C)C)c1ccc(-c2ccc(F)cc2)cc1. The van der Waals surface area contributed by atoms with E-state index in [0.29, 0.717) is 12.1 Å². The lowest BCUT2D eigenvalue weighted by Gasteiger charge is -2.29. The molecular formula is C22H28FN. The van der Waals surface area contributed by atoms with Crippen LogP contribution in [0.4, 0.5) is 4.39 Å². The summed E-state index contributed by atoms with van der Waals surface area (Å²) in [5, 5.41) is 0. The van der Waals surface area contributed by atoms with E-state index < -0.39 is 0 Å². The molecule has 0 aliphatic carbocycles.